The molecule has 2 N–H and O–H groups in total. The molecule has 0 atom stereocenters. The van der Waals surface area contributed by atoms with Crippen molar-refractivity contribution in [1.29, 1.82) is 0 Å². The lowest BCUT2D eigenvalue weighted by atomic mass is 10.1. The summed E-state index contributed by atoms with van der Waals surface area (Å²) < 4.78 is 7.41. The van der Waals surface area contributed by atoms with Gasteiger partial charge in [-0.15, -0.1) is 0 Å². The highest BCUT2D eigenvalue weighted by molar-refractivity contribution is 5.78. The molecule has 1 amide bonds. The summed E-state index contributed by atoms with van der Waals surface area (Å²) in [5.74, 6) is 1.58. The molecule has 0 saturated heterocycles. The fourth-order valence-electron chi connectivity index (χ4n) is 2.46. The van der Waals surface area contributed by atoms with Gasteiger partial charge in [0.05, 0.1) is 12.7 Å². The third-order valence-corrected chi connectivity index (χ3v) is 3.67. The fourth-order valence-corrected chi connectivity index (χ4v) is 2.46. The van der Waals surface area contributed by atoms with E-state index in [9.17, 15) is 4.79 Å². The number of nitrogens with zero attached hydrogens (tertiary/aromatic N) is 3. The standard InChI is InChI=1S/C18H21N5O2/c1-2-7-20-17-6-9-23-18(22-17)16(12-21-23)14-4-3-5-15(11-14)25-10-8-19-13-24/h3-6,9,11-13H,2,7-8,10H2,1H3,(H,19,24)(H,20,22). The molecule has 0 bridgehead atoms. The number of hydrogen-bond donors (Lipinski definition) is 2. The van der Waals surface area contributed by atoms with Crippen LogP contribution in [0.3, 0.4) is 0 Å². The molecule has 0 aliphatic heterocycles. The lowest BCUT2D eigenvalue weighted by molar-refractivity contribution is -0.109. The van der Waals surface area contributed by atoms with E-state index in [2.05, 4.69) is 27.6 Å². The van der Waals surface area contributed by atoms with Gasteiger partial charge >= 0.3 is 0 Å². The number of fused-ring (bicyclic) bond motifs is 1. The number of rotatable bonds is 9. The van der Waals surface area contributed by atoms with Crippen LogP contribution in [-0.2, 0) is 4.79 Å². The molecule has 2 heterocycles. The van der Waals surface area contributed by atoms with Crippen LogP contribution in [0.25, 0.3) is 16.8 Å². The van der Waals surface area contributed by atoms with E-state index in [-0.39, 0.29) is 0 Å². The summed E-state index contributed by atoms with van der Waals surface area (Å²) in [6, 6.07) is 9.68. The maximum absolute atomic E-state index is 10.3. The van der Waals surface area contributed by atoms with E-state index in [4.69, 9.17) is 4.74 Å². The molecule has 0 fully saturated rings. The van der Waals surface area contributed by atoms with Gasteiger partial charge in [0.15, 0.2) is 5.65 Å². The molecular weight excluding hydrogens is 318 g/mol. The zero-order chi connectivity index (χ0) is 17.5. The number of amides is 1. The summed E-state index contributed by atoms with van der Waals surface area (Å²) in [7, 11) is 0. The van der Waals surface area contributed by atoms with Crippen molar-refractivity contribution in [2.75, 3.05) is 25.0 Å². The summed E-state index contributed by atoms with van der Waals surface area (Å²) in [6.07, 6.45) is 5.40. The first-order valence-electron chi connectivity index (χ1n) is 8.30. The van der Waals surface area contributed by atoms with E-state index in [1.807, 2.05) is 36.5 Å². The third kappa shape index (κ3) is 4.06. The molecule has 130 valence electrons. The average molecular weight is 339 g/mol. The molecule has 3 aromatic rings. The van der Waals surface area contributed by atoms with Crippen LogP contribution in [0.5, 0.6) is 5.75 Å². The summed E-state index contributed by atoms with van der Waals surface area (Å²) in [5, 5.41) is 10.2. The Morgan fingerprint density at radius 1 is 1.28 bits per heavy atom. The van der Waals surface area contributed by atoms with Gasteiger partial charge < -0.3 is 15.4 Å². The van der Waals surface area contributed by atoms with Gasteiger partial charge in [-0.1, -0.05) is 19.1 Å². The molecule has 0 radical (unpaired) electrons. The first kappa shape index (κ1) is 16.8. The third-order valence-electron chi connectivity index (χ3n) is 3.67. The second kappa shape index (κ2) is 8.14. The molecule has 1 aromatic carbocycles. The molecule has 7 nitrogen and oxygen atoms in total. The van der Waals surface area contributed by atoms with E-state index in [1.165, 1.54) is 0 Å². The zero-order valence-corrected chi connectivity index (χ0v) is 14.1. The Labute approximate surface area is 146 Å². The monoisotopic (exact) mass is 339 g/mol. The van der Waals surface area contributed by atoms with Gasteiger partial charge in [-0.2, -0.15) is 5.10 Å². The van der Waals surface area contributed by atoms with Gasteiger partial charge in [-0.05, 0) is 30.2 Å². The Kier molecular flexibility index (Phi) is 5.46. The van der Waals surface area contributed by atoms with E-state index < -0.39 is 0 Å². The molecule has 0 unspecified atom stereocenters. The second-order valence-electron chi connectivity index (χ2n) is 5.51. The predicted octanol–water partition coefficient (Wildman–Crippen LogP) is 2.34. The Morgan fingerprint density at radius 3 is 3.04 bits per heavy atom. The van der Waals surface area contributed by atoms with Gasteiger partial charge in [0, 0.05) is 18.3 Å². The van der Waals surface area contributed by atoms with Crippen LogP contribution in [0, 0.1) is 0 Å². The number of hydrogen-bond acceptors (Lipinski definition) is 5. The molecule has 3 rings (SSSR count). The van der Waals surface area contributed by atoms with Gasteiger partial charge in [-0.25, -0.2) is 9.50 Å². The van der Waals surface area contributed by atoms with Gasteiger partial charge in [0.1, 0.15) is 18.2 Å². The number of carbonyl (C=O) groups excluding carboxylic acids is 1. The topological polar surface area (TPSA) is 80.5 Å². The Hall–Kier alpha value is -3.09. The minimum Gasteiger partial charge on any atom is -0.492 e. The Balaban J connectivity index is 1.84. The number of benzene rings is 1. The van der Waals surface area contributed by atoms with Crippen LogP contribution in [-0.4, -0.2) is 40.7 Å². The maximum Gasteiger partial charge on any atom is 0.207 e. The zero-order valence-electron chi connectivity index (χ0n) is 14.1. The van der Waals surface area contributed by atoms with Crippen LogP contribution in [0.15, 0.2) is 42.7 Å². The van der Waals surface area contributed by atoms with Crippen LogP contribution >= 0.6 is 0 Å². The van der Waals surface area contributed by atoms with Crippen LogP contribution in [0.2, 0.25) is 0 Å². The Bertz CT molecular complexity index is 846. The van der Waals surface area contributed by atoms with Gasteiger partial charge in [0.2, 0.25) is 6.41 Å². The van der Waals surface area contributed by atoms with Crippen molar-refractivity contribution >= 4 is 17.9 Å². The molecule has 0 aliphatic rings. The quantitative estimate of drug-likeness (QED) is 0.462. The van der Waals surface area contributed by atoms with Gasteiger partial charge in [-0.3, -0.25) is 4.79 Å². The van der Waals surface area contributed by atoms with Crippen LogP contribution in [0.4, 0.5) is 5.82 Å². The number of ether oxygens (including phenoxy) is 1. The summed E-state index contributed by atoms with van der Waals surface area (Å²) >= 11 is 0. The molecule has 0 saturated carbocycles. The van der Waals surface area contributed by atoms with Crippen molar-refractivity contribution in [2.24, 2.45) is 0 Å². The molecule has 25 heavy (non-hydrogen) atoms. The normalized spacial score (nSPS) is 10.6. The molecule has 7 heteroatoms. The number of carbonyl (C=O) groups is 1. The average Bonchev–Trinajstić information content (AvgIpc) is 3.07. The van der Waals surface area contributed by atoms with E-state index in [1.54, 1.807) is 10.7 Å². The summed E-state index contributed by atoms with van der Waals surface area (Å²) in [6.45, 7) is 3.88. The number of nitrogens with one attached hydrogen (secondary N) is 2. The second-order valence-corrected chi connectivity index (χ2v) is 5.51. The van der Waals surface area contributed by atoms with Gasteiger partial charge in [0.25, 0.3) is 0 Å². The lowest BCUT2D eigenvalue weighted by Gasteiger charge is -2.08. The predicted molar refractivity (Wildman–Crippen MR) is 96.8 cm³/mol. The summed E-state index contributed by atoms with van der Waals surface area (Å²) in [5.41, 5.74) is 2.72. The lowest BCUT2D eigenvalue weighted by Crippen LogP contribution is -2.18. The van der Waals surface area contributed by atoms with E-state index in [0.717, 1.165) is 41.3 Å². The molecule has 0 aliphatic carbocycles. The van der Waals surface area contributed by atoms with Crippen molar-refractivity contribution < 1.29 is 9.53 Å². The minimum absolute atomic E-state index is 0.417. The number of aromatic nitrogens is 3. The molecular formula is C18H21N5O2. The summed E-state index contributed by atoms with van der Waals surface area (Å²) in [4.78, 5) is 14.9. The highest BCUT2D eigenvalue weighted by Gasteiger charge is 2.10. The first-order valence-corrected chi connectivity index (χ1v) is 8.30. The number of anilines is 1. The smallest absolute Gasteiger partial charge is 0.207 e. The first-order chi connectivity index (χ1) is 12.3. The van der Waals surface area contributed by atoms with Crippen molar-refractivity contribution in [3.8, 4) is 16.9 Å². The van der Waals surface area contributed by atoms with Crippen molar-refractivity contribution in [2.45, 2.75) is 13.3 Å². The fraction of sp³-hybridized carbons (Fsp3) is 0.278. The van der Waals surface area contributed by atoms with E-state index in [0.29, 0.717) is 19.6 Å². The van der Waals surface area contributed by atoms with Crippen molar-refractivity contribution in [3.63, 3.8) is 0 Å². The highest BCUT2D eigenvalue weighted by Crippen LogP contribution is 2.27. The largest absolute Gasteiger partial charge is 0.492 e. The maximum atomic E-state index is 10.3. The van der Waals surface area contributed by atoms with Crippen molar-refractivity contribution in [3.05, 3.63) is 42.7 Å². The minimum atomic E-state index is 0.417. The SMILES string of the molecule is CCCNc1ccn2ncc(-c3cccc(OCCNC=O)c3)c2n1. The van der Waals surface area contributed by atoms with E-state index >= 15 is 0 Å². The van der Waals surface area contributed by atoms with Crippen LogP contribution < -0.4 is 15.4 Å². The van der Waals surface area contributed by atoms with Crippen molar-refractivity contribution in [1.82, 2.24) is 19.9 Å². The molecule has 2 aromatic heterocycles. The Morgan fingerprint density at radius 2 is 2.20 bits per heavy atom. The molecule has 0 spiro atoms. The highest BCUT2D eigenvalue weighted by atomic mass is 16.5. The van der Waals surface area contributed by atoms with Crippen LogP contribution in [0.1, 0.15) is 13.3 Å².